The molecule has 0 atom stereocenters. The summed E-state index contributed by atoms with van der Waals surface area (Å²) in [5.74, 6) is 0. The maximum Gasteiger partial charge on any atom is 1.00 e. The van der Waals surface area contributed by atoms with Gasteiger partial charge in [-0.2, -0.15) is 0 Å². The second-order valence-corrected chi connectivity index (χ2v) is 6.64. The van der Waals surface area contributed by atoms with Gasteiger partial charge in [-0.05, 0) is 18.4 Å². The van der Waals surface area contributed by atoms with Gasteiger partial charge in [-0.3, -0.25) is 8.42 Å². The van der Waals surface area contributed by atoms with Gasteiger partial charge in [0.25, 0.3) is 0 Å². The fourth-order valence-corrected chi connectivity index (χ4v) is 2.46. The van der Waals surface area contributed by atoms with E-state index in [2.05, 4.69) is 37.3 Å². The van der Waals surface area contributed by atoms with Crippen molar-refractivity contribution in [3.05, 3.63) is 35.9 Å². The van der Waals surface area contributed by atoms with Gasteiger partial charge < -0.3 is 9.11 Å². The molecule has 0 spiro atoms. The van der Waals surface area contributed by atoms with Crippen molar-refractivity contribution in [2.45, 2.75) is 77.6 Å². The summed E-state index contributed by atoms with van der Waals surface area (Å²) in [7, 11) is -5.17. The van der Waals surface area contributed by atoms with Crippen LogP contribution in [0.15, 0.2) is 30.3 Å². The van der Waals surface area contributed by atoms with Crippen molar-refractivity contribution >= 4 is 10.4 Å². The Morgan fingerprint density at radius 2 is 1.08 bits per heavy atom. The van der Waals surface area contributed by atoms with Crippen LogP contribution in [-0.2, 0) is 16.8 Å². The molecule has 0 aliphatic rings. The first-order valence-corrected chi connectivity index (χ1v) is 9.97. The van der Waals surface area contributed by atoms with E-state index >= 15 is 0 Å². The maximum atomic E-state index is 8.52. The number of rotatable bonds is 11. The quantitative estimate of drug-likeness (QED) is 0.195. The topological polar surface area (TPSA) is 80.3 Å². The molecule has 0 unspecified atom stereocenters. The van der Waals surface area contributed by atoms with Crippen LogP contribution in [0, 0.1) is 0 Å². The van der Waals surface area contributed by atoms with Crippen LogP contribution in [-0.4, -0.2) is 17.5 Å². The predicted molar refractivity (Wildman–Crippen MR) is 92.5 cm³/mol. The Labute approximate surface area is 239 Å². The van der Waals surface area contributed by atoms with Gasteiger partial charge in [0, 0.05) is 10.4 Å². The first-order valence-electron chi connectivity index (χ1n) is 8.64. The second kappa shape index (κ2) is 22.6. The molecule has 0 saturated heterocycles. The van der Waals surface area contributed by atoms with E-state index in [9.17, 15) is 0 Å². The summed E-state index contributed by atoms with van der Waals surface area (Å²) < 4.78 is 34.1. The van der Waals surface area contributed by atoms with Crippen molar-refractivity contribution in [1.82, 2.24) is 0 Å². The molecule has 0 aliphatic carbocycles. The molecule has 0 radical (unpaired) electrons. The van der Waals surface area contributed by atoms with Crippen molar-refractivity contribution in [1.29, 1.82) is 0 Å². The van der Waals surface area contributed by atoms with Gasteiger partial charge in [-0.25, -0.2) is 0 Å². The van der Waals surface area contributed by atoms with Crippen LogP contribution in [0.1, 0.15) is 76.7 Å². The van der Waals surface area contributed by atoms with Crippen LogP contribution in [0.3, 0.4) is 0 Å². The fourth-order valence-electron chi connectivity index (χ4n) is 2.46. The summed E-state index contributed by atoms with van der Waals surface area (Å²) in [6.45, 7) is 2.28. The predicted octanol–water partition coefficient (Wildman–Crippen LogP) is -1.18. The summed E-state index contributed by atoms with van der Waals surface area (Å²) in [6.07, 6.45) is 15.5. The van der Waals surface area contributed by atoms with Gasteiger partial charge in [0.05, 0.1) is 0 Å². The molecule has 0 aliphatic heterocycles. The average Bonchev–Trinajstić information content (AvgIpc) is 2.48. The van der Waals surface area contributed by atoms with Gasteiger partial charge in [-0.1, -0.05) is 95.0 Å². The van der Waals surface area contributed by atoms with Crippen molar-refractivity contribution in [2.24, 2.45) is 0 Å². The Bertz CT molecular complexity index is 459. The number of benzene rings is 1. The van der Waals surface area contributed by atoms with Crippen LogP contribution < -0.4 is 103 Å². The maximum absolute atomic E-state index is 8.52. The Morgan fingerprint density at radius 3 is 1.48 bits per heavy atom. The summed E-state index contributed by atoms with van der Waals surface area (Å²) >= 11 is 0. The number of aryl methyl sites for hydroxylation is 1. The zero-order valence-corrected chi connectivity index (χ0v) is 23.3. The standard InChI is InChI=1S/C18H30.2K.H2O4S/c1-2-3-4-5-6-7-8-9-10-12-15-18-16-13-11-14-17-18;;;1-5(2,3)4/h11,13-14,16-17H,2-10,12,15H2,1H3;;;(H2,1,2,3,4)/q;2*+1;/p-2. The first-order chi connectivity index (χ1) is 10.9. The normalized spacial score (nSPS) is 10.0. The minimum Gasteiger partial charge on any atom is -0.759 e. The molecular formula is C18H30K2O4S. The first kappa shape index (κ1) is 32.0. The zero-order valence-electron chi connectivity index (χ0n) is 16.2. The minimum atomic E-state index is -5.17. The summed E-state index contributed by atoms with van der Waals surface area (Å²) in [6, 6.07) is 10.9. The van der Waals surface area contributed by atoms with E-state index in [1.165, 1.54) is 76.2 Å². The largest absolute Gasteiger partial charge is 1.00 e. The van der Waals surface area contributed by atoms with Crippen molar-refractivity contribution in [2.75, 3.05) is 0 Å². The molecule has 1 aromatic carbocycles. The molecule has 25 heavy (non-hydrogen) atoms. The Morgan fingerprint density at radius 1 is 0.720 bits per heavy atom. The molecule has 0 fully saturated rings. The Kier molecular flexibility index (Phi) is 29.0. The monoisotopic (exact) mass is 420 g/mol. The van der Waals surface area contributed by atoms with Gasteiger partial charge in [-0.15, -0.1) is 0 Å². The Hall–Kier alpha value is 2.36. The van der Waals surface area contributed by atoms with E-state index in [4.69, 9.17) is 17.5 Å². The third-order valence-electron chi connectivity index (χ3n) is 3.66. The fraction of sp³-hybridized carbons (Fsp3) is 0.667. The molecule has 0 saturated carbocycles. The number of hydrogen-bond donors (Lipinski definition) is 0. The summed E-state index contributed by atoms with van der Waals surface area (Å²) in [4.78, 5) is 0. The van der Waals surface area contributed by atoms with Crippen molar-refractivity contribution < 1.29 is 120 Å². The van der Waals surface area contributed by atoms with Gasteiger partial charge in [0.1, 0.15) is 0 Å². The zero-order chi connectivity index (χ0) is 17.4. The molecule has 0 heterocycles. The van der Waals surface area contributed by atoms with Crippen molar-refractivity contribution in [3.63, 3.8) is 0 Å². The Balaban J connectivity index is -0.000000610. The second-order valence-electron chi connectivity index (χ2n) is 5.83. The molecule has 1 aromatic rings. The molecule has 4 nitrogen and oxygen atoms in total. The van der Waals surface area contributed by atoms with Crippen LogP contribution in [0.2, 0.25) is 0 Å². The van der Waals surface area contributed by atoms with Crippen LogP contribution in [0.4, 0.5) is 0 Å². The molecule has 134 valence electrons. The van der Waals surface area contributed by atoms with Crippen LogP contribution >= 0.6 is 0 Å². The molecular weight excluding hydrogens is 390 g/mol. The average molecular weight is 421 g/mol. The molecule has 7 heteroatoms. The molecule has 1 rings (SSSR count). The number of unbranched alkanes of at least 4 members (excludes halogenated alkanes) is 9. The number of hydrogen-bond acceptors (Lipinski definition) is 4. The van der Waals surface area contributed by atoms with Crippen molar-refractivity contribution in [3.8, 4) is 0 Å². The van der Waals surface area contributed by atoms with E-state index < -0.39 is 10.4 Å². The van der Waals surface area contributed by atoms with E-state index in [1.54, 1.807) is 0 Å². The van der Waals surface area contributed by atoms with Gasteiger partial charge in [0.2, 0.25) is 0 Å². The third-order valence-corrected chi connectivity index (χ3v) is 3.66. The van der Waals surface area contributed by atoms with Crippen LogP contribution in [0.5, 0.6) is 0 Å². The molecule has 0 N–H and O–H groups in total. The van der Waals surface area contributed by atoms with E-state index in [0.717, 1.165) is 0 Å². The molecule has 0 bridgehead atoms. The van der Waals surface area contributed by atoms with Gasteiger partial charge >= 0.3 is 103 Å². The SMILES string of the molecule is CCCCCCCCCCCCc1ccccc1.O=S(=O)([O-])[O-].[K+].[K+]. The van der Waals surface area contributed by atoms with Crippen LogP contribution in [0.25, 0.3) is 0 Å². The molecule has 0 aromatic heterocycles. The summed E-state index contributed by atoms with van der Waals surface area (Å²) in [5.41, 5.74) is 1.50. The summed E-state index contributed by atoms with van der Waals surface area (Å²) in [5, 5.41) is 0. The third kappa shape index (κ3) is 31.3. The smallest absolute Gasteiger partial charge is 0.759 e. The van der Waals surface area contributed by atoms with E-state index in [-0.39, 0.29) is 103 Å². The van der Waals surface area contributed by atoms with E-state index in [1.807, 2.05) is 0 Å². The van der Waals surface area contributed by atoms with E-state index in [0.29, 0.717) is 0 Å². The molecule has 0 amide bonds. The van der Waals surface area contributed by atoms with Gasteiger partial charge in [0.15, 0.2) is 0 Å². The minimum absolute atomic E-state index is 0.